The normalized spacial score (nSPS) is 10.2. The predicted octanol–water partition coefficient (Wildman–Crippen LogP) is 3.49. The lowest BCUT2D eigenvalue weighted by Gasteiger charge is -2.12. The van der Waals surface area contributed by atoms with E-state index < -0.39 is 22.4 Å². The Labute approximate surface area is 157 Å². The van der Waals surface area contributed by atoms with E-state index in [1.54, 1.807) is 6.92 Å². The van der Waals surface area contributed by atoms with Crippen LogP contribution in [0.5, 0.6) is 11.5 Å². The van der Waals surface area contributed by atoms with Crippen LogP contribution < -0.4 is 14.8 Å². The van der Waals surface area contributed by atoms with E-state index in [9.17, 15) is 25.0 Å². The van der Waals surface area contributed by atoms with Gasteiger partial charge in [-0.25, -0.2) is 0 Å². The minimum Gasteiger partial charge on any atom is -0.490 e. The molecule has 0 aliphatic rings. The van der Waals surface area contributed by atoms with Crippen LogP contribution in [0.2, 0.25) is 5.02 Å². The molecular weight excluding hydrogens is 382 g/mol. The van der Waals surface area contributed by atoms with Gasteiger partial charge in [0, 0.05) is 30.0 Å². The van der Waals surface area contributed by atoms with Crippen molar-refractivity contribution in [1.82, 2.24) is 0 Å². The number of non-ortho nitro benzene ring substituents is 1. The Balaban J connectivity index is 2.08. The zero-order valence-electron chi connectivity index (χ0n) is 14.2. The maximum absolute atomic E-state index is 12.1. The number of carbonyl (C=O) groups excluding carboxylic acids is 1. The average Bonchev–Trinajstić information content (AvgIpc) is 2.61. The Hall–Kier alpha value is -3.40. The van der Waals surface area contributed by atoms with Crippen LogP contribution in [0.25, 0.3) is 0 Å². The molecule has 2 aromatic rings. The van der Waals surface area contributed by atoms with E-state index in [0.29, 0.717) is 11.3 Å². The number of aryl methyl sites for hydroxylation is 1. The van der Waals surface area contributed by atoms with Gasteiger partial charge >= 0.3 is 5.69 Å². The van der Waals surface area contributed by atoms with Gasteiger partial charge in [-0.3, -0.25) is 25.0 Å². The molecule has 1 N–H and O–H groups in total. The molecular formula is C16H14ClN3O7. The smallest absolute Gasteiger partial charge is 0.311 e. The number of carbonyl (C=O) groups is 1. The van der Waals surface area contributed by atoms with Crippen molar-refractivity contribution in [2.75, 3.05) is 19.0 Å². The molecule has 0 aliphatic carbocycles. The van der Waals surface area contributed by atoms with Crippen molar-refractivity contribution in [3.05, 3.63) is 61.1 Å². The Morgan fingerprint density at radius 3 is 2.41 bits per heavy atom. The molecule has 0 unspecified atom stereocenters. The fourth-order valence-corrected chi connectivity index (χ4v) is 2.39. The maximum Gasteiger partial charge on any atom is 0.311 e. The van der Waals surface area contributed by atoms with Crippen LogP contribution in [0.1, 0.15) is 5.56 Å². The summed E-state index contributed by atoms with van der Waals surface area (Å²) >= 11 is 5.89. The lowest BCUT2D eigenvalue weighted by atomic mass is 10.1. The highest BCUT2D eigenvalue weighted by molar-refractivity contribution is 6.32. The Bertz CT molecular complexity index is 917. The van der Waals surface area contributed by atoms with E-state index in [-0.39, 0.29) is 27.9 Å². The molecule has 0 atom stereocenters. The van der Waals surface area contributed by atoms with Crippen LogP contribution in [0.3, 0.4) is 0 Å². The van der Waals surface area contributed by atoms with Crippen LogP contribution in [-0.4, -0.2) is 29.5 Å². The maximum atomic E-state index is 12.1. The zero-order valence-corrected chi connectivity index (χ0v) is 15.0. The molecule has 0 fully saturated rings. The van der Waals surface area contributed by atoms with Gasteiger partial charge in [0.25, 0.3) is 11.6 Å². The van der Waals surface area contributed by atoms with Crippen molar-refractivity contribution in [3.63, 3.8) is 0 Å². The van der Waals surface area contributed by atoms with Crippen LogP contribution in [-0.2, 0) is 4.79 Å². The van der Waals surface area contributed by atoms with E-state index in [4.69, 9.17) is 21.1 Å². The summed E-state index contributed by atoms with van der Waals surface area (Å²) in [6.07, 6.45) is 0. The topological polar surface area (TPSA) is 134 Å². The Morgan fingerprint density at radius 2 is 1.85 bits per heavy atom. The van der Waals surface area contributed by atoms with Gasteiger partial charge in [0.15, 0.2) is 12.4 Å². The number of methoxy groups -OCH3 is 1. The van der Waals surface area contributed by atoms with Crippen LogP contribution in [0, 0.1) is 27.2 Å². The minimum atomic E-state index is -0.604. The van der Waals surface area contributed by atoms with Crippen molar-refractivity contribution in [2.45, 2.75) is 6.92 Å². The summed E-state index contributed by atoms with van der Waals surface area (Å²) < 4.78 is 10.2. The monoisotopic (exact) mass is 395 g/mol. The molecule has 0 radical (unpaired) electrons. The second-order valence-corrected chi connectivity index (χ2v) is 5.71. The molecule has 10 nitrogen and oxygen atoms in total. The summed E-state index contributed by atoms with van der Waals surface area (Å²) in [6.45, 7) is 1.17. The number of ether oxygens (including phenoxy) is 2. The molecule has 1 amide bonds. The Morgan fingerprint density at radius 1 is 1.15 bits per heavy atom. The summed E-state index contributed by atoms with van der Waals surface area (Å²) in [4.78, 5) is 32.6. The summed E-state index contributed by atoms with van der Waals surface area (Å²) in [5.74, 6) is -0.445. The molecule has 0 saturated heterocycles. The van der Waals surface area contributed by atoms with Crippen molar-refractivity contribution in [2.24, 2.45) is 0 Å². The van der Waals surface area contributed by atoms with Gasteiger partial charge in [-0.1, -0.05) is 11.6 Å². The number of hydrogen-bond donors (Lipinski definition) is 1. The quantitative estimate of drug-likeness (QED) is 0.560. The number of nitro groups is 2. The molecule has 0 spiro atoms. The fourth-order valence-electron chi connectivity index (χ4n) is 2.16. The zero-order chi connectivity index (χ0) is 20.1. The number of hydrogen-bond acceptors (Lipinski definition) is 7. The number of halogens is 1. The summed E-state index contributed by atoms with van der Waals surface area (Å²) in [5.41, 5.74) is 0.359. The highest BCUT2D eigenvalue weighted by Gasteiger charge is 2.19. The molecule has 2 aromatic carbocycles. The third-order valence-electron chi connectivity index (χ3n) is 3.48. The third-order valence-corrected chi connectivity index (χ3v) is 3.78. The van der Waals surface area contributed by atoms with E-state index in [1.165, 1.54) is 31.4 Å². The first-order chi connectivity index (χ1) is 12.7. The van der Waals surface area contributed by atoms with Crippen LogP contribution in [0.4, 0.5) is 17.1 Å². The van der Waals surface area contributed by atoms with Gasteiger partial charge in [0.05, 0.1) is 22.0 Å². The molecule has 0 aromatic heterocycles. The number of nitro benzene ring substituents is 2. The fraction of sp³-hybridized carbons (Fsp3) is 0.188. The molecule has 27 heavy (non-hydrogen) atoms. The van der Waals surface area contributed by atoms with Gasteiger partial charge in [0.2, 0.25) is 0 Å². The molecule has 0 aliphatic heterocycles. The molecule has 0 bridgehead atoms. The van der Waals surface area contributed by atoms with Gasteiger partial charge in [-0.15, -0.1) is 0 Å². The number of anilines is 1. The summed E-state index contributed by atoms with van der Waals surface area (Å²) in [6, 6.07) is 6.21. The van der Waals surface area contributed by atoms with Gasteiger partial charge in [-0.2, -0.15) is 0 Å². The molecule has 2 rings (SSSR count). The SMILES string of the molecule is COc1cc(NC(=O)COc2ccc([N+](=O)[O-])cc2Cl)c(C)cc1[N+](=O)[O-]. The standard InChI is InChI=1S/C16H14ClN3O7/c1-9-5-13(20(24)25)15(26-2)7-12(9)18-16(21)8-27-14-4-3-10(19(22)23)6-11(14)17/h3-7H,8H2,1-2H3,(H,18,21). The third kappa shape index (κ3) is 4.82. The molecule has 11 heteroatoms. The predicted molar refractivity (Wildman–Crippen MR) is 96.6 cm³/mol. The first kappa shape index (κ1) is 19.9. The first-order valence-electron chi connectivity index (χ1n) is 7.42. The molecule has 142 valence electrons. The number of nitrogens with one attached hydrogen (secondary N) is 1. The number of rotatable bonds is 7. The van der Waals surface area contributed by atoms with Gasteiger partial charge in [0.1, 0.15) is 5.75 Å². The highest BCUT2D eigenvalue weighted by Crippen LogP contribution is 2.33. The van der Waals surface area contributed by atoms with E-state index >= 15 is 0 Å². The van der Waals surface area contributed by atoms with Gasteiger partial charge < -0.3 is 14.8 Å². The molecule has 0 heterocycles. The lowest BCUT2D eigenvalue weighted by Crippen LogP contribution is -2.21. The molecule has 0 saturated carbocycles. The largest absolute Gasteiger partial charge is 0.490 e. The van der Waals surface area contributed by atoms with E-state index in [2.05, 4.69) is 5.32 Å². The van der Waals surface area contributed by atoms with Crippen molar-refractivity contribution < 1.29 is 24.1 Å². The highest BCUT2D eigenvalue weighted by atomic mass is 35.5. The second kappa shape index (κ2) is 8.32. The lowest BCUT2D eigenvalue weighted by molar-refractivity contribution is -0.385. The number of nitrogens with zero attached hydrogens (tertiary/aromatic N) is 2. The van der Waals surface area contributed by atoms with E-state index in [0.717, 1.165) is 6.07 Å². The van der Waals surface area contributed by atoms with Crippen LogP contribution >= 0.6 is 11.6 Å². The van der Waals surface area contributed by atoms with E-state index in [1.807, 2.05) is 0 Å². The average molecular weight is 396 g/mol. The van der Waals surface area contributed by atoms with Crippen LogP contribution in [0.15, 0.2) is 30.3 Å². The first-order valence-corrected chi connectivity index (χ1v) is 7.80. The van der Waals surface area contributed by atoms with Crippen molar-refractivity contribution >= 4 is 34.6 Å². The van der Waals surface area contributed by atoms with Crippen molar-refractivity contribution in [1.29, 1.82) is 0 Å². The minimum absolute atomic E-state index is 0.000215. The number of amides is 1. The van der Waals surface area contributed by atoms with Gasteiger partial charge in [-0.05, 0) is 18.6 Å². The van der Waals surface area contributed by atoms with Crippen molar-refractivity contribution in [3.8, 4) is 11.5 Å². The summed E-state index contributed by atoms with van der Waals surface area (Å²) in [7, 11) is 1.28. The number of benzene rings is 2. The Kier molecular flexibility index (Phi) is 6.14. The summed E-state index contributed by atoms with van der Waals surface area (Å²) in [5, 5.41) is 24.2. The second-order valence-electron chi connectivity index (χ2n) is 5.30.